The number of hydrogen-bond donors (Lipinski definition) is 0. The zero-order valence-electron chi connectivity index (χ0n) is 14.5. The van der Waals surface area contributed by atoms with Crippen molar-refractivity contribution in [2.75, 3.05) is 17.7 Å². The molecule has 0 spiro atoms. The number of benzene rings is 1. The number of nitrogens with zero attached hydrogens (tertiary/aromatic N) is 2. The summed E-state index contributed by atoms with van der Waals surface area (Å²) in [6, 6.07) is 11.6. The van der Waals surface area contributed by atoms with Gasteiger partial charge in [-0.2, -0.15) is 0 Å². The van der Waals surface area contributed by atoms with E-state index in [1.165, 1.54) is 13.3 Å². The van der Waals surface area contributed by atoms with E-state index in [2.05, 4.69) is 48.1 Å². The van der Waals surface area contributed by atoms with Gasteiger partial charge in [-0.05, 0) is 36.6 Å². The van der Waals surface area contributed by atoms with Crippen molar-refractivity contribution in [3.05, 3.63) is 58.3 Å². The first-order valence-corrected chi connectivity index (χ1v) is 10.1. The first-order chi connectivity index (χ1) is 11.5. The van der Waals surface area contributed by atoms with Gasteiger partial charge in [-0.15, -0.1) is 10.7 Å². The van der Waals surface area contributed by atoms with Crippen LogP contribution in [-0.4, -0.2) is 30.2 Å². The van der Waals surface area contributed by atoms with Crippen LogP contribution in [0.1, 0.15) is 29.9 Å². The fraction of sp³-hybridized carbons (Fsp3) is 0.278. The molecular weight excluding hydrogens is 388 g/mol. The highest BCUT2D eigenvalue weighted by Gasteiger charge is 2.11. The summed E-state index contributed by atoms with van der Waals surface area (Å²) < 4.78 is 7.87. The highest BCUT2D eigenvalue weighted by atomic mass is 79.9. The van der Waals surface area contributed by atoms with Crippen LogP contribution < -0.4 is 4.31 Å². The van der Waals surface area contributed by atoms with Crippen LogP contribution in [0.5, 0.6) is 0 Å². The maximum atomic E-state index is 11.4. The lowest BCUT2D eigenvalue weighted by atomic mass is 10.2. The lowest BCUT2D eigenvalue weighted by molar-refractivity contribution is 0.0600. The predicted molar refractivity (Wildman–Crippen MR) is 108 cm³/mol. The highest BCUT2D eigenvalue weighted by Crippen LogP contribution is 2.28. The van der Waals surface area contributed by atoms with Crippen molar-refractivity contribution < 1.29 is 9.53 Å². The number of halogens is 1. The van der Waals surface area contributed by atoms with Crippen molar-refractivity contribution in [1.29, 1.82) is 0 Å². The van der Waals surface area contributed by atoms with Crippen LogP contribution in [0.4, 0.5) is 5.69 Å². The van der Waals surface area contributed by atoms with E-state index in [0.29, 0.717) is 12.1 Å². The van der Waals surface area contributed by atoms with E-state index < -0.39 is 0 Å². The maximum Gasteiger partial charge on any atom is 0.339 e. The van der Waals surface area contributed by atoms with E-state index in [-0.39, 0.29) is 16.6 Å². The van der Waals surface area contributed by atoms with Gasteiger partial charge < -0.3 is 9.04 Å². The van der Waals surface area contributed by atoms with Crippen molar-refractivity contribution >= 4 is 44.1 Å². The number of ether oxygens (including phenoxy) is 1. The van der Waals surface area contributed by atoms with Crippen LogP contribution in [0, 0.1) is 0 Å². The largest absolute Gasteiger partial charge is 0.465 e. The molecule has 1 atom stereocenters. The van der Waals surface area contributed by atoms with E-state index in [4.69, 9.17) is 0 Å². The molecule has 2 aromatic rings. The van der Waals surface area contributed by atoms with Crippen LogP contribution in [0.25, 0.3) is 0 Å². The molecular formula is C18H23BrN2O2S. The highest BCUT2D eigenvalue weighted by molar-refractivity contribution is 9.10. The van der Waals surface area contributed by atoms with Crippen molar-refractivity contribution in [1.82, 2.24) is 4.98 Å². The van der Waals surface area contributed by atoms with Gasteiger partial charge in [-0.1, -0.05) is 41.7 Å². The molecule has 0 aliphatic heterocycles. The van der Waals surface area contributed by atoms with Crippen LogP contribution in [0.3, 0.4) is 0 Å². The molecule has 1 aromatic heterocycles. The molecule has 0 radical (unpaired) electrons. The number of esters is 1. The molecule has 0 amide bonds. The summed E-state index contributed by atoms with van der Waals surface area (Å²) in [7, 11) is 1.16. The lowest BCUT2D eigenvalue weighted by Crippen LogP contribution is -2.16. The number of pyridine rings is 1. The van der Waals surface area contributed by atoms with Crippen molar-refractivity contribution in [3.8, 4) is 0 Å². The van der Waals surface area contributed by atoms with E-state index in [9.17, 15) is 4.79 Å². The second-order valence-corrected chi connectivity index (χ2v) is 7.20. The molecule has 2 rings (SSSR count). The fourth-order valence-corrected chi connectivity index (χ4v) is 3.13. The molecule has 0 aliphatic rings. The van der Waals surface area contributed by atoms with E-state index in [1.54, 1.807) is 6.07 Å². The third kappa shape index (κ3) is 5.76. The first-order valence-electron chi connectivity index (χ1n) is 7.53. The normalized spacial score (nSPS) is 11.0. The molecule has 6 heteroatoms. The third-order valence-electron chi connectivity index (χ3n) is 3.02. The number of hydrogen-bond acceptors (Lipinski definition) is 4. The molecule has 0 N–H and O–H groups in total. The molecule has 4 nitrogen and oxygen atoms in total. The summed E-state index contributed by atoms with van der Waals surface area (Å²) in [6.07, 6.45) is 3.60. The van der Waals surface area contributed by atoms with E-state index >= 15 is 0 Å². The quantitative estimate of drug-likeness (QED) is 0.518. The van der Waals surface area contributed by atoms with Crippen molar-refractivity contribution in [2.45, 2.75) is 20.4 Å². The molecule has 130 valence electrons. The van der Waals surface area contributed by atoms with Crippen molar-refractivity contribution in [2.24, 2.45) is 0 Å². The molecule has 1 unspecified atom stereocenters. The molecule has 24 heavy (non-hydrogen) atoms. The van der Waals surface area contributed by atoms with Gasteiger partial charge in [0.05, 0.1) is 24.9 Å². The van der Waals surface area contributed by atoms with Gasteiger partial charge >= 0.3 is 5.97 Å². The third-order valence-corrected chi connectivity index (χ3v) is 4.61. The number of aromatic nitrogens is 1. The Kier molecular flexibility index (Phi) is 8.71. The monoisotopic (exact) mass is 410 g/mol. The van der Waals surface area contributed by atoms with Crippen molar-refractivity contribution in [3.63, 3.8) is 0 Å². The Hall–Kier alpha value is -1.66. The average Bonchev–Trinajstić information content (AvgIpc) is 2.61. The minimum atomic E-state index is -0.379. The van der Waals surface area contributed by atoms with Crippen LogP contribution in [0.2, 0.25) is 0 Å². The summed E-state index contributed by atoms with van der Waals surface area (Å²) >= 11 is 3.49. The number of carbonyl (C=O) groups excluding carboxylic acids is 1. The Balaban J connectivity index is 0.00000139. The molecule has 0 aliphatic carbocycles. The van der Waals surface area contributed by atoms with Gasteiger partial charge in [-0.25, -0.2) is 4.79 Å². The first kappa shape index (κ1) is 20.4. The number of rotatable bonds is 5. The number of carbonyl (C=O) groups is 1. The summed E-state index contributed by atoms with van der Waals surface area (Å²) in [4.78, 5) is 15.8. The zero-order valence-corrected chi connectivity index (χ0v) is 16.9. The van der Waals surface area contributed by atoms with Gasteiger partial charge in [-0.3, -0.25) is 4.98 Å². The number of anilines is 1. The Morgan fingerprint density at radius 1 is 1.33 bits per heavy atom. The number of methoxy groups -OCH3 is 1. The maximum absolute atomic E-state index is 11.4. The SMILES string of the molecule is C=S(C)N(Cc1ccc(C(=O)OC)cn1)c1cccc(Br)c1.CC. The Morgan fingerprint density at radius 3 is 2.54 bits per heavy atom. The topological polar surface area (TPSA) is 42.4 Å². The van der Waals surface area contributed by atoms with E-state index in [1.807, 2.05) is 38.1 Å². The molecule has 0 saturated heterocycles. The Labute approximate surface area is 155 Å². The Morgan fingerprint density at radius 2 is 2.04 bits per heavy atom. The smallest absolute Gasteiger partial charge is 0.339 e. The second-order valence-electron chi connectivity index (χ2n) is 4.65. The molecule has 0 bridgehead atoms. The summed E-state index contributed by atoms with van der Waals surface area (Å²) in [5.74, 6) is 3.76. The van der Waals surface area contributed by atoms with Gasteiger partial charge in [0.25, 0.3) is 0 Å². The second kappa shape index (κ2) is 10.3. The summed E-state index contributed by atoms with van der Waals surface area (Å²) in [5, 5.41) is 0. The van der Waals surface area contributed by atoms with Gasteiger partial charge in [0.2, 0.25) is 0 Å². The fourth-order valence-electron chi connectivity index (χ4n) is 1.92. The molecule has 0 saturated carbocycles. The van der Waals surface area contributed by atoms with E-state index in [0.717, 1.165) is 15.9 Å². The minimum absolute atomic E-state index is 0.198. The lowest BCUT2D eigenvalue weighted by Gasteiger charge is -2.25. The predicted octanol–water partition coefficient (Wildman–Crippen LogP) is 4.91. The summed E-state index contributed by atoms with van der Waals surface area (Å²) in [6.45, 7) is 4.63. The van der Waals surface area contributed by atoms with Crippen LogP contribution in [0.15, 0.2) is 47.1 Å². The molecule has 0 fully saturated rings. The minimum Gasteiger partial charge on any atom is -0.465 e. The van der Waals surface area contributed by atoms with Gasteiger partial charge in [0, 0.05) is 16.4 Å². The van der Waals surface area contributed by atoms with Crippen LogP contribution in [-0.2, 0) is 11.3 Å². The Bertz CT molecular complexity index is 690. The van der Waals surface area contributed by atoms with Gasteiger partial charge in [0.1, 0.15) is 0 Å². The molecule has 1 heterocycles. The average molecular weight is 411 g/mol. The zero-order chi connectivity index (χ0) is 18.1. The molecule has 1 aromatic carbocycles. The van der Waals surface area contributed by atoms with Crippen LogP contribution >= 0.6 is 26.6 Å². The van der Waals surface area contributed by atoms with Gasteiger partial charge in [0.15, 0.2) is 0 Å². The standard InChI is InChI=1S/C16H17BrN2O2S.C2H6/c1-21-16(20)12-7-8-14(18-10-12)11-19(22(2)3)15-6-4-5-13(17)9-15;1-2/h4-10H,2,11H2,1,3H3;1-2H3. The summed E-state index contributed by atoms with van der Waals surface area (Å²) in [5.41, 5.74) is 2.40.